The van der Waals surface area contributed by atoms with E-state index >= 15 is 0 Å². The molecule has 0 radical (unpaired) electrons. The van der Waals surface area contributed by atoms with Gasteiger partial charge in [-0.1, -0.05) is 35.9 Å². The van der Waals surface area contributed by atoms with Gasteiger partial charge in [-0.15, -0.1) is 0 Å². The summed E-state index contributed by atoms with van der Waals surface area (Å²) in [6, 6.07) is 16.2. The molecule has 0 amide bonds. The summed E-state index contributed by atoms with van der Waals surface area (Å²) >= 11 is 5.79. The van der Waals surface area contributed by atoms with E-state index in [1.54, 1.807) is 43.6 Å². The van der Waals surface area contributed by atoms with Crippen molar-refractivity contribution in [2.24, 2.45) is 0 Å². The Morgan fingerprint density at radius 2 is 1.67 bits per heavy atom. The number of methoxy groups -OCH3 is 1. The molecule has 1 aromatic heterocycles. The van der Waals surface area contributed by atoms with Gasteiger partial charge in [-0.2, -0.15) is 0 Å². The molecule has 158 valence electrons. The van der Waals surface area contributed by atoms with Gasteiger partial charge in [-0.3, -0.25) is 0 Å². The Labute approximate surface area is 186 Å². The molecule has 3 aromatic rings. The van der Waals surface area contributed by atoms with Gasteiger partial charge in [0.2, 0.25) is 0 Å². The standard InChI is InChI=1S/C22H21ClN2O4.ClH/c1-28-20-10-16(12-24-11-15-2-6-18(7-3-15)22(26)27)4-8-19(20)29-14-17-5-9-21(23)25-13-17;/h2-10,13,24H,11-12,14H2,1H3,(H,26,27);1H/p-1. The van der Waals surface area contributed by atoms with Gasteiger partial charge in [-0.25, -0.2) is 9.78 Å². The second-order valence-corrected chi connectivity index (χ2v) is 6.76. The molecule has 6 nitrogen and oxygen atoms in total. The number of carboxylic acids is 1. The van der Waals surface area contributed by atoms with Crippen LogP contribution in [0.3, 0.4) is 0 Å². The van der Waals surface area contributed by atoms with Crippen molar-refractivity contribution in [1.82, 2.24) is 10.3 Å². The molecular weight excluding hydrogens is 427 g/mol. The number of hydrogen-bond acceptors (Lipinski definition) is 5. The van der Waals surface area contributed by atoms with Gasteiger partial charge < -0.3 is 32.3 Å². The predicted molar refractivity (Wildman–Crippen MR) is 111 cm³/mol. The molecule has 30 heavy (non-hydrogen) atoms. The highest BCUT2D eigenvalue weighted by Gasteiger charge is 2.07. The van der Waals surface area contributed by atoms with Crippen LogP contribution in [0, 0.1) is 0 Å². The number of rotatable bonds is 9. The molecule has 0 fully saturated rings. The Morgan fingerprint density at radius 3 is 2.30 bits per heavy atom. The van der Waals surface area contributed by atoms with Crippen LogP contribution in [-0.4, -0.2) is 23.2 Å². The molecule has 2 N–H and O–H groups in total. The van der Waals surface area contributed by atoms with E-state index in [1.807, 2.05) is 24.3 Å². The molecule has 0 aliphatic carbocycles. The van der Waals surface area contributed by atoms with E-state index in [0.717, 1.165) is 16.7 Å². The number of halogens is 2. The molecule has 1 heterocycles. The first-order chi connectivity index (χ1) is 14.0. The summed E-state index contributed by atoms with van der Waals surface area (Å²) in [6.45, 7) is 1.63. The zero-order chi connectivity index (χ0) is 20.6. The molecule has 8 heteroatoms. The van der Waals surface area contributed by atoms with E-state index < -0.39 is 5.97 Å². The summed E-state index contributed by atoms with van der Waals surface area (Å²) in [5.41, 5.74) is 3.25. The van der Waals surface area contributed by atoms with Crippen molar-refractivity contribution < 1.29 is 31.8 Å². The molecule has 0 aliphatic heterocycles. The van der Waals surface area contributed by atoms with Gasteiger partial charge >= 0.3 is 5.97 Å². The smallest absolute Gasteiger partial charge is 0.335 e. The molecule has 0 unspecified atom stereocenters. The molecule has 0 aliphatic rings. The van der Waals surface area contributed by atoms with Crippen molar-refractivity contribution >= 4 is 17.6 Å². The number of carboxylic acid groups (broad SMARTS) is 1. The monoisotopic (exact) mass is 447 g/mol. The van der Waals surface area contributed by atoms with E-state index in [2.05, 4.69) is 10.3 Å². The lowest BCUT2D eigenvalue weighted by Crippen LogP contribution is -3.00. The zero-order valence-corrected chi connectivity index (χ0v) is 17.8. The van der Waals surface area contributed by atoms with E-state index in [0.29, 0.717) is 36.3 Å². The van der Waals surface area contributed by atoms with Crippen LogP contribution < -0.4 is 27.2 Å². The molecule has 0 atom stereocenters. The van der Waals surface area contributed by atoms with Crippen LogP contribution in [0.1, 0.15) is 27.0 Å². The number of aromatic nitrogens is 1. The lowest BCUT2D eigenvalue weighted by atomic mass is 10.1. The Kier molecular flexibility index (Phi) is 8.92. The summed E-state index contributed by atoms with van der Waals surface area (Å²) in [6.07, 6.45) is 1.68. The van der Waals surface area contributed by atoms with Crippen molar-refractivity contribution in [2.45, 2.75) is 19.7 Å². The number of pyridine rings is 1. The maximum atomic E-state index is 10.9. The fourth-order valence-electron chi connectivity index (χ4n) is 2.71. The van der Waals surface area contributed by atoms with Crippen LogP contribution in [-0.2, 0) is 19.7 Å². The van der Waals surface area contributed by atoms with Gasteiger partial charge in [0.25, 0.3) is 0 Å². The van der Waals surface area contributed by atoms with Crippen LogP contribution in [0.5, 0.6) is 11.5 Å². The molecule has 0 spiro atoms. The van der Waals surface area contributed by atoms with E-state index in [-0.39, 0.29) is 18.0 Å². The number of nitrogens with one attached hydrogen (secondary N) is 1. The van der Waals surface area contributed by atoms with E-state index in [4.69, 9.17) is 26.2 Å². The van der Waals surface area contributed by atoms with Gasteiger partial charge in [-0.05, 0) is 41.5 Å². The molecule has 2 aromatic carbocycles. The second kappa shape index (κ2) is 11.4. The van der Waals surface area contributed by atoms with Crippen LogP contribution in [0.4, 0.5) is 0 Å². The minimum absolute atomic E-state index is 0. The van der Waals surface area contributed by atoms with Gasteiger partial charge in [0.1, 0.15) is 11.8 Å². The van der Waals surface area contributed by atoms with Crippen LogP contribution in [0.2, 0.25) is 5.15 Å². The molecule has 0 saturated heterocycles. The largest absolute Gasteiger partial charge is 1.00 e. The lowest BCUT2D eigenvalue weighted by Gasteiger charge is -2.13. The minimum Gasteiger partial charge on any atom is -1.00 e. The first-order valence-electron chi connectivity index (χ1n) is 8.98. The number of aromatic carboxylic acids is 1. The number of benzene rings is 2. The number of ether oxygens (including phenoxy) is 2. The highest BCUT2D eigenvalue weighted by molar-refractivity contribution is 6.29. The van der Waals surface area contributed by atoms with Crippen LogP contribution in [0.25, 0.3) is 0 Å². The maximum absolute atomic E-state index is 10.9. The van der Waals surface area contributed by atoms with Crippen molar-refractivity contribution in [2.75, 3.05) is 7.11 Å². The minimum atomic E-state index is -0.925. The normalized spacial score (nSPS) is 10.2. The zero-order valence-electron chi connectivity index (χ0n) is 16.3. The fraction of sp³-hybridized carbons (Fsp3) is 0.182. The molecule has 3 rings (SSSR count). The average molecular weight is 448 g/mol. The summed E-state index contributed by atoms with van der Waals surface area (Å²) < 4.78 is 11.3. The quantitative estimate of drug-likeness (QED) is 0.481. The van der Waals surface area contributed by atoms with Gasteiger partial charge in [0.15, 0.2) is 11.5 Å². The third-order valence-electron chi connectivity index (χ3n) is 4.27. The average Bonchev–Trinajstić information content (AvgIpc) is 2.74. The van der Waals surface area contributed by atoms with Crippen molar-refractivity contribution in [3.05, 3.63) is 88.2 Å². The molecule has 0 saturated carbocycles. The van der Waals surface area contributed by atoms with Crippen molar-refractivity contribution in [3.63, 3.8) is 0 Å². The van der Waals surface area contributed by atoms with E-state index in [9.17, 15) is 4.79 Å². The number of carbonyl (C=O) groups is 1. The topological polar surface area (TPSA) is 80.7 Å². The summed E-state index contributed by atoms with van der Waals surface area (Å²) in [5.74, 6) is 0.374. The number of nitrogens with zero attached hydrogens (tertiary/aromatic N) is 1. The highest BCUT2D eigenvalue weighted by atomic mass is 35.5. The first kappa shape index (κ1) is 23.5. The van der Waals surface area contributed by atoms with Crippen LogP contribution in [0.15, 0.2) is 60.8 Å². The summed E-state index contributed by atoms with van der Waals surface area (Å²) in [4.78, 5) is 14.9. The fourth-order valence-corrected chi connectivity index (χ4v) is 2.82. The Balaban J connectivity index is 0.00000320. The van der Waals surface area contributed by atoms with Crippen molar-refractivity contribution in [3.8, 4) is 11.5 Å². The lowest BCUT2D eigenvalue weighted by molar-refractivity contribution is -0.0000219. The van der Waals surface area contributed by atoms with Crippen LogP contribution >= 0.6 is 11.6 Å². The van der Waals surface area contributed by atoms with E-state index in [1.165, 1.54) is 0 Å². The Hall–Kier alpha value is -2.80. The third kappa shape index (κ3) is 6.62. The van der Waals surface area contributed by atoms with Gasteiger partial charge in [0, 0.05) is 24.8 Å². The molecule has 0 bridgehead atoms. The maximum Gasteiger partial charge on any atom is 0.335 e. The SMILES string of the molecule is COc1cc(CNCc2ccc(C(=O)O)cc2)ccc1OCc1ccc(Cl)nc1.[Cl-]. The first-order valence-corrected chi connectivity index (χ1v) is 9.36. The highest BCUT2D eigenvalue weighted by Crippen LogP contribution is 2.29. The van der Waals surface area contributed by atoms with Gasteiger partial charge in [0.05, 0.1) is 12.7 Å². The number of hydrogen-bond donors (Lipinski definition) is 2. The van der Waals surface area contributed by atoms with Crippen molar-refractivity contribution in [1.29, 1.82) is 0 Å². The Bertz CT molecular complexity index is 964. The molecular formula is C22H21Cl2N2O4-. The second-order valence-electron chi connectivity index (χ2n) is 6.37. The summed E-state index contributed by atoms with van der Waals surface area (Å²) in [5, 5.41) is 12.7. The predicted octanol–water partition coefficient (Wildman–Crippen LogP) is 1.31. The Morgan fingerprint density at radius 1 is 1.00 bits per heavy atom. The third-order valence-corrected chi connectivity index (χ3v) is 4.49. The summed E-state index contributed by atoms with van der Waals surface area (Å²) in [7, 11) is 1.60.